The highest BCUT2D eigenvalue weighted by Crippen LogP contribution is 2.34. The molecular formula is C10H19N3O3. The number of rotatable bonds is 4. The molecule has 1 aromatic rings. The Morgan fingerprint density at radius 3 is 2.56 bits per heavy atom. The number of aliphatic hydroxyl groups is 1. The van der Waals surface area contributed by atoms with Crippen molar-refractivity contribution in [3.8, 4) is 0 Å². The van der Waals surface area contributed by atoms with Gasteiger partial charge < -0.3 is 20.1 Å². The number of aromatic nitrogens is 2. The molecular weight excluding hydrogens is 210 g/mol. The minimum absolute atomic E-state index is 0.0504. The largest absolute Gasteiger partial charge is 0.382 e. The minimum atomic E-state index is -0.918. The van der Waals surface area contributed by atoms with E-state index in [2.05, 4.69) is 10.1 Å². The van der Waals surface area contributed by atoms with E-state index >= 15 is 0 Å². The molecule has 0 amide bonds. The van der Waals surface area contributed by atoms with Gasteiger partial charge >= 0.3 is 0 Å². The summed E-state index contributed by atoms with van der Waals surface area (Å²) in [4.78, 5) is 4.09. The van der Waals surface area contributed by atoms with E-state index in [0.717, 1.165) is 0 Å². The SMILES string of the molecule is COC(c1noc(C(O)CN)n1)C(C)(C)C. The van der Waals surface area contributed by atoms with Crippen molar-refractivity contribution in [2.75, 3.05) is 13.7 Å². The first-order valence-corrected chi connectivity index (χ1v) is 5.14. The van der Waals surface area contributed by atoms with E-state index < -0.39 is 6.10 Å². The minimum Gasteiger partial charge on any atom is -0.382 e. The first kappa shape index (κ1) is 13.1. The molecule has 6 nitrogen and oxygen atoms in total. The maximum atomic E-state index is 9.44. The summed E-state index contributed by atoms with van der Waals surface area (Å²) < 4.78 is 10.3. The number of hydrogen-bond donors (Lipinski definition) is 2. The zero-order chi connectivity index (χ0) is 12.3. The van der Waals surface area contributed by atoms with Crippen LogP contribution >= 0.6 is 0 Å². The molecule has 0 fully saturated rings. The second-order valence-corrected chi connectivity index (χ2v) is 4.72. The van der Waals surface area contributed by atoms with Crippen molar-refractivity contribution in [2.45, 2.75) is 33.0 Å². The van der Waals surface area contributed by atoms with Gasteiger partial charge in [0.2, 0.25) is 5.82 Å². The molecule has 0 aliphatic rings. The van der Waals surface area contributed by atoms with E-state index in [1.807, 2.05) is 20.8 Å². The van der Waals surface area contributed by atoms with Gasteiger partial charge in [0.1, 0.15) is 12.2 Å². The molecule has 6 heteroatoms. The smallest absolute Gasteiger partial charge is 0.256 e. The summed E-state index contributed by atoms with van der Waals surface area (Å²) in [6, 6.07) is 0. The van der Waals surface area contributed by atoms with Crippen LogP contribution in [0.4, 0.5) is 0 Å². The Hall–Kier alpha value is -0.980. The number of nitrogens with two attached hydrogens (primary N) is 1. The third-order valence-electron chi connectivity index (χ3n) is 2.22. The van der Waals surface area contributed by atoms with Crippen LogP contribution < -0.4 is 5.73 Å². The van der Waals surface area contributed by atoms with E-state index in [9.17, 15) is 5.11 Å². The van der Waals surface area contributed by atoms with Crippen LogP contribution in [0.1, 0.15) is 44.7 Å². The van der Waals surface area contributed by atoms with E-state index in [1.54, 1.807) is 7.11 Å². The van der Waals surface area contributed by atoms with Gasteiger partial charge in [0.25, 0.3) is 5.89 Å². The van der Waals surface area contributed by atoms with Gasteiger partial charge in [-0.3, -0.25) is 0 Å². The van der Waals surface area contributed by atoms with Gasteiger partial charge in [-0.2, -0.15) is 4.98 Å². The second kappa shape index (κ2) is 4.90. The lowest BCUT2D eigenvalue weighted by molar-refractivity contribution is 0.00718. The maximum absolute atomic E-state index is 9.44. The topological polar surface area (TPSA) is 94.4 Å². The van der Waals surface area contributed by atoms with Crippen LogP contribution in [0.3, 0.4) is 0 Å². The van der Waals surface area contributed by atoms with Crippen molar-refractivity contribution >= 4 is 0 Å². The number of methoxy groups -OCH3 is 1. The average Bonchev–Trinajstić information content (AvgIpc) is 2.64. The molecule has 0 radical (unpaired) electrons. The molecule has 0 saturated carbocycles. The molecule has 0 saturated heterocycles. The van der Waals surface area contributed by atoms with Crippen molar-refractivity contribution in [3.63, 3.8) is 0 Å². The Kier molecular flexibility index (Phi) is 4.01. The Morgan fingerprint density at radius 2 is 2.12 bits per heavy atom. The van der Waals surface area contributed by atoms with Crippen molar-refractivity contribution in [1.82, 2.24) is 10.1 Å². The van der Waals surface area contributed by atoms with E-state index in [4.69, 9.17) is 15.0 Å². The fraction of sp³-hybridized carbons (Fsp3) is 0.800. The maximum Gasteiger partial charge on any atom is 0.256 e. The van der Waals surface area contributed by atoms with Gasteiger partial charge in [0, 0.05) is 13.7 Å². The second-order valence-electron chi connectivity index (χ2n) is 4.72. The summed E-state index contributed by atoms with van der Waals surface area (Å²) in [7, 11) is 1.59. The van der Waals surface area contributed by atoms with Gasteiger partial charge in [-0.15, -0.1) is 0 Å². The highest BCUT2D eigenvalue weighted by Gasteiger charge is 2.31. The number of hydrogen-bond acceptors (Lipinski definition) is 6. The van der Waals surface area contributed by atoms with E-state index in [0.29, 0.717) is 5.82 Å². The van der Waals surface area contributed by atoms with Crippen LogP contribution in [-0.2, 0) is 4.74 Å². The van der Waals surface area contributed by atoms with Crippen LogP contribution in [0.5, 0.6) is 0 Å². The molecule has 0 aromatic carbocycles. The Labute approximate surface area is 94.8 Å². The predicted octanol–water partition coefficient (Wildman–Crippen LogP) is 0.795. The predicted molar refractivity (Wildman–Crippen MR) is 57.5 cm³/mol. The quantitative estimate of drug-likeness (QED) is 0.792. The lowest BCUT2D eigenvalue weighted by Crippen LogP contribution is -2.21. The lowest BCUT2D eigenvalue weighted by atomic mass is 9.88. The lowest BCUT2D eigenvalue weighted by Gasteiger charge is -2.26. The van der Waals surface area contributed by atoms with Crippen LogP contribution in [0.15, 0.2) is 4.52 Å². The molecule has 1 rings (SSSR count). The highest BCUT2D eigenvalue weighted by atomic mass is 16.5. The van der Waals surface area contributed by atoms with Gasteiger partial charge in [-0.25, -0.2) is 0 Å². The van der Waals surface area contributed by atoms with Crippen LogP contribution in [0.2, 0.25) is 0 Å². The Morgan fingerprint density at radius 1 is 1.50 bits per heavy atom. The molecule has 2 atom stereocenters. The van der Waals surface area contributed by atoms with Gasteiger partial charge in [0.15, 0.2) is 0 Å². The molecule has 0 spiro atoms. The van der Waals surface area contributed by atoms with Crippen molar-refractivity contribution in [1.29, 1.82) is 0 Å². The molecule has 3 N–H and O–H groups in total. The average molecular weight is 229 g/mol. The van der Waals surface area contributed by atoms with Crippen molar-refractivity contribution in [2.24, 2.45) is 11.1 Å². The first-order valence-electron chi connectivity index (χ1n) is 5.14. The highest BCUT2D eigenvalue weighted by molar-refractivity contribution is 4.98. The van der Waals surface area contributed by atoms with E-state index in [1.165, 1.54) is 0 Å². The summed E-state index contributed by atoms with van der Waals surface area (Å²) in [6.07, 6.45) is -1.20. The number of ether oxygens (including phenoxy) is 1. The molecule has 92 valence electrons. The monoisotopic (exact) mass is 229 g/mol. The third-order valence-corrected chi connectivity index (χ3v) is 2.22. The standard InChI is InChI=1S/C10H19N3O3/c1-10(2,3)7(15-4)8-12-9(16-13-8)6(14)5-11/h6-7,14H,5,11H2,1-4H3. The van der Waals surface area contributed by atoms with Gasteiger partial charge in [-0.05, 0) is 5.41 Å². The molecule has 16 heavy (non-hydrogen) atoms. The summed E-state index contributed by atoms with van der Waals surface area (Å²) in [5.74, 6) is 0.557. The molecule has 1 heterocycles. The Bertz CT molecular complexity index is 332. The summed E-state index contributed by atoms with van der Waals surface area (Å²) >= 11 is 0. The number of nitrogens with zero attached hydrogens (tertiary/aromatic N) is 2. The fourth-order valence-electron chi connectivity index (χ4n) is 1.44. The fourth-order valence-corrected chi connectivity index (χ4v) is 1.44. The third kappa shape index (κ3) is 2.78. The zero-order valence-electron chi connectivity index (χ0n) is 10.1. The van der Waals surface area contributed by atoms with Crippen molar-refractivity contribution in [3.05, 3.63) is 11.7 Å². The van der Waals surface area contributed by atoms with E-state index in [-0.39, 0.29) is 24.0 Å². The number of aliphatic hydroxyl groups excluding tert-OH is 1. The molecule has 0 aliphatic carbocycles. The molecule has 1 aromatic heterocycles. The van der Waals surface area contributed by atoms with Gasteiger partial charge in [0.05, 0.1) is 0 Å². The van der Waals surface area contributed by atoms with Gasteiger partial charge in [-0.1, -0.05) is 25.9 Å². The summed E-state index contributed by atoms with van der Waals surface area (Å²) in [5, 5.41) is 13.2. The normalized spacial score (nSPS) is 16.1. The summed E-state index contributed by atoms with van der Waals surface area (Å²) in [6.45, 7) is 6.08. The molecule has 0 aliphatic heterocycles. The van der Waals surface area contributed by atoms with Crippen LogP contribution in [0, 0.1) is 5.41 Å². The Balaban J connectivity index is 2.91. The van der Waals surface area contributed by atoms with Crippen molar-refractivity contribution < 1.29 is 14.4 Å². The van der Waals surface area contributed by atoms with Crippen LogP contribution in [0.25, 0.3) is 0 Å². The zero-order valence-corrected chi connectivity index (χ0v) is 10.1. The molecule has 0 bridgehead atoms. The first-order chi connectivity index (χ1) is 7.40. The summed E-state index contributed by atoms with van der Waals surface area (Å²) in [5.41, 5.74) is 5.15. The molecule has 2 unspecified atom stereocenters. The van der Waals surface area contributed by atoms with Crippen LogP contribution in [-0.4, -0.2) is 28.9 Å².